The molecular formula is C18H25IO4. The maximum atomic E-state index is 11.7. The van der Waals surface area contributed by atoms with Gasteiger partial charge in [0.15, 0.2) is 6.10 Å². The molecule has 1 fully saturated rings. The Hall–Kier alpha value is -0.660. The highest BCUT2D eigenvalue weighted by atomic mass is 127. The largest absolute Gasteiger partial charge is 0.467 e. The molecule has 4 nitrogen and oxygen atoms in total. The van der Waals surface area contributed by atoms with Crippen LogP contribution in [0.2, 0.25) is 0 Å². The summed E-state index contributed by atoms with van der Waals surface area (Å²) in [5.41, 5.74) is 1.24. The predicted octanol–water partition coefficient (Wildman–Crippen LogP) is 3.17. The van der Waals surface area contributed by atoms with E-state index in [1.54, 1.807) is 0 Å². The van der Waals surface area contributed by atoms with Gasteiger partial charge < -0.3 is 14.6 Å². The van der Waals surface area contributed by atoms with Gasteiger partial charge in [0, 0.05) is 4.43 Å². The molecule has 1 saturated heterocycles. The molecule has 0 spiro atoms. The fourth-order valence-electron chi connectivity index (χ4n) is 3.60. The quantitative estimate of drug-likeness (QED) is 0.441. The topological polar surface area (TPSA) is 55.8 Å². The Kier molecular flexibility index (Phi) is 6.85. The molecule has 0 aliphatic carbocycles. The van der Waals surface area contributed by atoms with Crippen molar-refractivity contribution in [2.75, 3.05) is 11.5 Å². The third kappa shape index (κ3) is 4.25. The lowest BCUT2D eigenvalue weighted by molar-refractivity contribution is -0.173. The van der Waals surface area contributed by atoms with Crippen LogP contribution < -0.4 is 0 Å². The molecular weight excluding hydrogens is 407 g/mol. The van der Waals surface area contributed by atoms with E-state index in [9.17, 15) is 9.90 Å². The molecule has 1 aliphatic heterocycles. The van der Waals surface area contributed by atoms with Gasteiger partial charge in [-0.05, 0) is 29.7 Å². The van der Waals surface area contributed by atoms with Crippen molar-refractivity contribution in [3.8, 4) is 0 Å². The molecule has 1 aromatic rings. The van der Waals surface area contributed by atoms with Crippen LogP contribution in [0.15, 0.2) is 30.3 Å². The van der Waals surface area contributed by atoms with Crippen LogP contribution in [0.1, 0.15) is 31.7 Å². The maximum Gasteiger partial charge on any atom is 0.337 e. The Bertz CT molecular complexity index is 505. The van der Waals surface area contributed by atoms with E-state index in [2.05, 4.69) is 53.3 Å². The summed E-state index contributed by atoms with van der Waals surface area (Å²) in [4.78, 5) is 11.7. The third-order valence-electron chi connectivity index (χ3n) is 4.67. The minimum Gasteiger partial charge on any atom is -0.467 e. The molecule has 1 heterocycles. The lowest BCUT2D eigenvalue weighted by atomic mass is 9.71. The molecule has 128 valence electrons. The Balaban J connectivity index is 2.32. The van der Waals surface area contributed by atoms with Crippen molar-refractivity contribution >= 4 is 28.6 Å². The Labute approximate surface area is 151 Å². The highest BCUT2D eigenvalue weighted by Gasteiger charge is 2.44. The zero-order valence-corrected chi connectivity index (χ0v) is 16.0. The highest BCUT2D eigenvalue weighted by molar-refractivity contribution is 14.1. The number of halogens is 1. The van der Waals surface area contributed by atoms with E-state index in [1.165, 1.54) is 12.7 Å². The summed E-state index contributed by atoms with van der Waals surface area (Å²) in [5, 5.41) is 10.2. The summed E-state index contributed by atoms with van der Waals surface area (Å²) < 4.78 is 11.6. The molecule has 0 aromatic heterocycles. The van der Waals surface area contributed by atoms with E-state index in [-0.39, 0.29) is 12.0 Å². The monoisotopic (exact) mass is 432 g/mol. The first-order valence-electron chi connectivity index (χ1n) is 8.01. The van der Waals surface area contributed by atoms with Gasteiger partial charge in [-0.25, -0.2) is 4.79 Å². The molecule has 2 unspecified atom stereocenters. The van der Waals surface area contributed by atoms with Crippen LogP contribution in [0.5, 0.6) is 0 Å². The van der Waals surface area contributed by atoms with Crippen molar-refractivity contribution in [2.45, 2.75) is 44.5 Å². The third-order valence-corrected chi connectivity index (χ3v) is 5.54. The average Bonchev–Trinajstić information content (AvgIpc) is 2.59. The number of hydrogen-bond acceptors (Lipinski definition) is 4. The maximum absolute atomic E-state index is 11.7. The molecule has 0 bridgehead atoms. The lowest BCUT2D eigenvalue weighted by Gasteiger charge is -2.44. The smallest absolute Gasteiger partial charge is 0.337 e. The predicted molar refractivity (Wildman–Crippen MR) is 97.7 cm³/mol. The number of carbonyl (C=O) groups excluding carboxylic acids is 1. The molecule has 1 aromatic carbocycles. The summed E-state index contributed by atoms with van der Waals surface area (Å²) in [6.07, 6.45) is -1.12. The number of hydrogen-bond donors (Lipinski definition) is 1. The zero-order valence-electron chi connectivity index (χ0n) is 13.8. The number of ether oxygens (including phenoxy) is 2. The minimum absolute atomic E-state index is 0.0128. The van der Waals surface area contributed by atoms with Crippen LogP contribution in [-0.4, -0.2) is 40.9 Å². The first-order valence-corrected chi connectivity index (χ1v) is 9.54. The van der Waals surface area contributed by atoms with Crippen molar-refractivity contribution in [3.63, 3.8) is 0 Å². The lowest BCUT2D eigenvalue weighted by Crippen LogP contribution is -2.49. The van der Waals surface area contributed by atoms with E-state index in [4.69, 9.17) is 4.74 Å². The molecule has 0 amide bonds. The van der Waals surface area contributed by atoms with E-state index in [0.717, 1.165) is 4.43 Å². The first kappa shape index (κ1) is 18.7. The van der Waals surface area contributed by atoms with E-state index < -0.39 is 18.2 Å². The number of esters is 1. The van der Waals surface area contributed by atoms with Crippen LogP contribution in [0.25, 0.3) is 0 Å². The molecule has 23 heavy (non-hydrogen) atoms. The number of methoxy groups -OCH3 is 1. The first-order chi connectivity index (χ1) is 11.0. The number of rotatable bonds is 5. The summed E-state index contributed by atoms with van der Waals surface area (Å²) in [6, 6.07) is 10.3. The number of benzene rings is 1. The Morgan fingerprint density at radius 3 is 2.57 bits per heavy atom. The fraction of sp³-hybridized carbons (Fsp3) is 0.611. The number of alkyl halides is 1. The highest BCUT2D eigenvalue weighted by Crippen LogP contribution is 2.43. The molecule has 0 radical (unpaired) electrons. The van der Waals surface area contributed by atoms with Crippen molar-refractivity contribution in [2.24, 2.45) is 11.8 Å². The second-order valence-electron chi connectivity index (χ2n) is 6.41. The minimum atomic E-state index is -1.23. The summed E-state index contributed by atoms with van der Waals surface area (Å²) in [6.45, 7) is 4.42. The normalized spacial score (nSPS) is 29.3. The van der Waals surface area contributed by atoms with Crippen LogP contribution in [0.4, 0.5) is 0 Å². The Morgan fingerprint density at radius 2 is 2.04 bits per heavy atom. The van der Waals surface area contributed by atoms with Gasteiger partial charge in [-0.1, -0.05) is 66.8 Å². The van der Waals surface area contributed by atoms with Gasteiger partial charge in [-0.15, -0.1) is 0 Å². The van der Waals surface area contributed by atoms with Crippen LogP contribution in [-0.2, 0) is 14.3 Å². The van der Waals surface area contributed by atoms with Crippen LogP contribution in [0.3, 0.4) is 0 Å². The van der Waals surface area contributed by atoms with Crippen molar-refractivity contribution < 1.29 is 19.4 Å². The van der Waals surface area contributed by atoms with Gasteiger partial charge >= 0.3 is 5.97 Å². The second kappa shape index (κ2) is 8.44. The summed E-state index contributed by atoms with van der Waals surface area (Å²) in [5.74, 6) is 0.442. The van der Waals surface area contributed by atoms with E-state index >= 15 is 0 Å². The molecule has 5 heteroatoms. The van der Waals surface area contributed by atoms with Gasteiger partial charge in [0.2, 0.25) is 0 Å². The van der Waals surface area contributed by atoms with Gasteiger partial charge in [-0.2, -0.15) is 0 Å². The molecule has 0 saturated carbocycles. The number of aliphatic hydroxyl groups excluding tert-OH is 1. The van der Waals surface area contributed by atoms with Gasteiger partial charge in [0.1, 0.15) is 0 Å². The number of aliphatic hydroxyl groups is 1. The van der Waals surface area contributed by atoms with Crippen molar-refractivity contribution in [3.05, 3.63) is 35.9 Å². The van der Waals surface area contributed by atoms with Gasteiger partial charge in [-0.3, -0.25) is 0 Å². The van der Waals surface area contributed by atoms with Crippen LogP contribution >= 0.6 is 22.6 Å². The van der Waals surface area contributed by atoms with E-state index in [0.29, 0.717) is 18.3 Å². The summed E-state index contributed by atoms with van der Waals surface area (Å²) in [7, 11) is 1.29. The second-order valence-corrected chi connectivity index (χ2v) is 7.29. The Morgan fingerprint density at radius 1 is 1.39 bits per heavy atom. The summed E-state index contributed by atoms with van der Waals surface area (Å²) >= 11 is 2.32. The van der Waals surface area contributed by atoms with Crippen molar-refractivity contribution in [1.29, 1.82) is 0 Å². The molecule has 1 aliphatic rings. The van der Waals surface area contributed by atoms with Crippen molar-refractivity contribution in [1.82, 2.24) is 0 Å². The van der Waals surface area contributed by atoms with E-state index in [1.807, 2.05) is 18.2 Å². The number of carbonyl (C=O) groups is 1. The average molecular weight is 432 g/mol. The SMILES string of the molecule is COC(=O)C(O)C1C[C@H](c2ccccc2)[C@@H](C(C)C)[C@H](CI)O1. The zero-order chi connectivity index (χ0) is 17.0. The standard InChI is InChI=1S/C18H25IO4/c1-11(2)16-13(12-7-5-4-6-8-12)9-14(23-15(16)10-19)17(20)18(21)22-3/h4-8,11,13-17,20H,9-10H2,1-3H3/t13-,14?,15+,16-,17?/m1/s1. The molecule has 1 N–H and O–H groups in total. The van der Waals surface area contributed by atoms with Gasteiger partial charge in [0.25, 0.3) is 0 Å². The molecule has 5 atom stereocenters. The van der Waals surface area contributed by atoms with Crippen LogP contribution in [0, 0.1) is 11.8 Å². The fourth-order valence-corrected chi connectivity index (χ4v) is 4.40. The molecule has 2 rings (SSSR count). The van der Waals surface area contributed by atoms with Gasteiger partial charge in [0.05, 0.1) is 19.3 Å².